The van der Waals surface area contributed by atoms with Gasteiger partial charge < -0.3 is 20.2 Å². The monoisotopic (exact) mass is 263 g/mol. The summed E-state index contributed by atoms with van der Waals surface area (Å²) >= 11 is 0. The lowest BCUT2D eigenvalue weighted by molar-refractivity contribution is 0.137. The predicted octanol–water partition coefficient (Wildman–Crippen LogP) is 1.08. The first kappa shape index (κ1) is 14.3. The molecule has 4 heteroatoms. The minimum atomic E-state index is -0.355. The molecule has 1 heterocycles. The van der Waals surface area contributed by atoms with Crippen LogP contribution in [0.4, 0.5) is 5.69 Å². The summed E-state index contributed by atoms with van der Waals surface area (Å²) in [5, 5.41) is 13.6. The normalized spacial score (nSPS) is 18.3. The van der Waals surface area contributed by atoms with Gasteiger partial charge in [0.1, 0.15) is 0 Å². The lowest BCUT2D eigenvalue weighted by Crippen LogP contribution is -2.44. The van der Waals surface area contributed by atoms with Gasteiger partial charge in [-0.05, 0) is 24.1 Å². The number of hydrogen-bond donors (Lipinski definition) is 2. The van der Waals surface area contributed by atoms with Gasteiger partial charge in [0.05, 0.1) is 6.10 Å². The smallest absolute Gasteiger partial charge is 0.0802 e. The third-order valence-corrected chi connectivity index (χ3v) is 3.72. The zero-order valence-electron chi connectivity index (χ0n) is 12.0. The molecule has 0 radical (unpaired) electrons. The second-order valence-electron chi connectivity index (χ2n) is 5.38. The first-order chi connectivity index (χ1) is 9.16. The molecule has 0 saturated carbocycles. The fourth-order valence-electron chi connectivity index (χ4n) is 2.40. The molecule has 4 nitrogen and oxygen atoms in total. The molecule has 1 aliphatic heterocycles. The van der Waals surface area contributed by atoms with E-state index in [1.807, 2.05) is 26.2 Å². The Labute approximate surface area is 116 Å². The van der Waals surface area contributed by atoms with Gasteiger partial charge in [-0.25, -0.2) is 0 Å². The average molecular weight is 263 g/mol. The van der Waals surface area contributed by atoms with Crippen molar-refractivity contribution in [1.82, 2.24) is 10.2 Å². The van der Waals surface area contributed by atoms with Gasteiger partial charge in [-0.3, -0.25) is 0 Å². The maximum absolute atomic E-state index is 10.2. The molecule has 2 N–H and O–H groups in total. The maximum atomic E-state index is 10.2. The van der Waals surface area contributed by atoms with Gasteiger partial charge in [0.15, 0.2) is 0 Å². The molecule has 1 atom stereocenters. The number of aliphatic hydroxyl groups excluding tert-OH is 1. The zero-order chi connectivity index (χ0) is 13.7. The van der Waals surface area contributed by atoms with E-state index in [1.165, 1.54) is 0 Å². The molecule has 1 aromatic carbocycles. The van der Waals surface area contributed by atoms with Crippen LogP contribution in [0.5, 0.6) is 0 Å². The van der Waals surface area contributed by atoms with E-state index in [9.17, 15) is 5.11 Å². The number of nitrogens with zero attached hydrogens (tertiary/aromatic N) is 2. The molecule has 2 rings (SSSR count). The topological polar surface area (TPSA) is 38.7 Å². The van der Waals surface area contributed by atoms with Gasteiger partial charge in [-0.2, -0.15) is 0 Å². The van der Waals surface area contributed by atoms with Crippen molar-refractivity contribution in [2.75, 3.05) is 51.7 Å². The second-order valence-corrected chi connectivity index (χ2v) is 5.38. The summed E-state index contributed by atoms with van der Waals surface area (Å²) in [4.78, 5) is 4.48. The zero-order valence-corrected chi connectivity index (χ0v) is 12.0. The lowest BCUT2D eigenvalue weighted by atomic mass is 10.1. The summed E-state index contributed by atoms with van der Waals surface area (Å²) in [6, 6.07) is 8.17. The molecule has 0 spiro atoms. The second kappa shape index (κ2) is 6.89. The van der Waals surface area contributed by atoms with Crippen LogP contribution in [0.25, 0.3) is 0 Å². The van der Waals surface area contributed by atoms with E-state index in [0.29, 0.717) is 0 Å². The van der Waals surface area contributed by atoms with Crippen LogP contribution in [0.15, 0.2) is 24.3 Å². The quantitative estimate of drug-likeness (QED) is 0.834. The van der Waals surface area contributed by atoms with Crippen molar-refractivity contribution < 1.29 is 5.11 Å². The van der Waals surface area contributed by atoms with Crippen LogP contribution < -0.4 is 10.2 Å². The Kier molecular flexibility index (Phi) is 5.19. The predicted molar refractivity (Wildman–Crippen MR) is 79.7 cm³/mol. The Bertz CT molecular complexity index is 371. The van der Waals surface area contributed by atoms with Crippen molar-refractivity contribution in [1.29, 1.82) is 0 Å². The van der Waals surface area contributed by atoms with Crippen molar-refractivity contribution in [2.24, 2.45) is 0 Å². The largest absolute Gasteiger partial charge is 0.388 e. The number of rotatable bonds is 5. The molecule has 0 aromatic heterocycles. The van der Waals surface area contributed by atoms with Gasteiger partial charge in [-0.1, -0.05) is 12.1 Å². The maximum Gasteiger partial charge on any atom is 0.0802 e. The Morgan fingerprint density at radius 1 is 1.21 bits per heavy atom. The number of hydrogen-bond acceptors (Lipinski definition) is 4. The molecule has 1 aromatic rings. The Balaban J connectivity index is 1.83. The van der Waals surface area contributed by atoms with Gasteiger partial charge in [0.2, 0.25) is 0 Å². The Morgan fingerprint density at radius 3 is 2.42 bits per heavy atom. The summed E-state index contributed by atoms with van der Waals surface area (Å²) in [5.74, 6) is 0. The van der Waals surface area contributed by atoms with E-state index in [-0.39, 0.29) is 6.10 Å². The lowest BCUT2D eigenvalue weighted by Gasteiger charge is -2.28. The molecule has 1 unspecified atom stereocenters. The molecule has 1 aliphatic rings. The molecule has 1 fully saturated rings. The van der Waals surface area contributed by atoms with Crippen molar-refractivity contribution in [3.05, 3.63) is 29.8 Å². The number of piperazine rings is 1. The van der Waals surface area contributed by atoms with E-state index in [2.05, 4.69) is 27.2 Å². The van der Waals surface area contributed by atoms with Crippen LogP contribution in [0.1, 0.15) is 18.1 Å². The van der Waals surface area contributed by atoms with E-state index in [4.69, 9.17) is 0 Å². The molecule has 19 heavy (non-hydrogen) atoms. The van der Waals surface area contributed by atoms with E-state index in [1.54, 1.807) is 0 Å². The molecule has 0 bridgehead atoms. The highest BCUT2D eigenvalue weighted by molar-refractivity contribution is 5.46. The summed E-state index contributed by atoms with van der Waals surface area (Å²) in [7, 11) is 4.05. The van der Waals surface area contributed by atoms with E-state index in [0.717, 1.165) is 50.4 Å². The van der Waals surface area contributed by atoms with Gasteiger partial charge in [-0.15, -0.1) is 0 Å². The standard InChI is InChI=1S/C15H25N3O/c1-17(2)14-5-3-13(4-6-14)15(19)7-10-18-11-8-16-9-12-18/h3-6,15-16,19H,7-12H2,1-2H3. The third-order valence-electron chi connectivity index (χ3n) is 3.72. The minimum absolute atomic E-state index is 0.355. The van der Waals surface area contributed by atoms with Crippen molar-refractivity contribution >= 4 is 5.69 Å². The Hall–Kier alpha value is -1.10. The molecular formula is C15H25N3O. The number of nitrogens with one attached hydrogen (secondary N) is 1. The van der Waals surface area contributed by atoms with E-state index < -0.39 is 0 Å². The van der Waals surface area contributed by atoms with E-state index >= 15 is 0 Å². The highest BCUT2D eigenvalue weighted by Crippen LogP contribution is 2.20. The summed E-state index contributed by atoms with van der Waals surface area (Å²) in [5.41, 5.74) is 2.18. The van der Waals surface area contributed by atoms with Crippen LogP contribution >= 0.6 is 0 Å². The van der Waals surface area contributed by atoms with Crippen molar-refractivity contribution in [2.45, 2.75) is 12.5 Å². The van der Waals surface area contributed by atoms with Crippen LogP contribution in [0.3, 0.4) is 0 Å². The fraction of sp³-hybridized carbons (Fsp3) is 0.600. The SMILES string of the molecule is CN(C)c1ccc(C(O)CCN2CCNCC2)cc1. The van der Waals surface area contributed by atoms with Crippen LogP contribution in [-0.4, -0.2) is 56.8 Å². The summed E-state index contributed by atoms with van der Waals surface area (Å²) < 4.78 is 0. The van der Waals surface area contributed by atoms with Crippen molar-refractivity contribution in [3.8, 4) is 0 Å². The molecule has 0 amide bonds. The molecule has 1 saturated heterocycles. The van der Waals surface area contributed by atoms with Crippen LogP contribution in [-0.2, 0) is 0 Å². The average Bonchev–Trinajstić information content (AvgIpc) is 2.46. The van der Waals surface area contributed by atoms with Gasteiger partial charge in [0, 0.05) is 52.5 Å². The molecule has 0 aliphatic carbocycles. The summed E-state index contributed by atoms with van der Waals surface area (Å²) in [6.07, 6.45) is 0.451. The first-order valence-electron chi connectivity index (χ1n) is 7.05. The highest BCUT2D eigenvalue weighted by Gasteiger charge is 2.13. The first-order valence-corrected chi connectivity index (χ1v) is 7.05. The third kappa shape index (κ3) is 4.20. The van der Waals surface area contributed by atoms with Crippen molar-refractivity contribution in [3.63, 3.8) is 0 Å². The minimum Gasteiger partial charge on any atom is -0.388 e. The fourth-order valence-corrected chi connectivity index (χ4v) is 2.40. The van der Waals surface area contributed by atoms with Crippen LogP contribution in [0, 0.1) is 0 Å². The highest BCUT2D eigenvalue weighted by atomic mass is 16.3. The van der Waals surface area contributed by atoms with Gasteiger partial charge in [0.25, 0.3) is 0 Å². The van der Waals surface area contributed by atoms with Crippen LogP contribution in [0.2, 0.25) is 0 Å². The number of benzene rings is 1. The number of aliphatic hydroxyl groups is 1. The van der Waals surface area contributed by atoms with Gasteiger partial charge >= 0.3 is 0 Å². The summed E-state index contributed by atoms with van der Waals surface area (Å²) in [6.45, 7) is 5.28. The molecular weight excluding hydrogens is 238 g/mol. The molecule has 106 valence electrons. The number of anilines is 1. The Morgan fingerprint density at radius 2 is 1.84 bits per heavy atom.